The lowest BCUT2D eigenvalue weighted by atomic mass is 10.3. The van der Waals surface area contributed by atoms with Crippen LogP contribution in [0.15, 0.2) is 18.5 Å². The molecule has 0 aliphatic carbocycles. The van der Waals surface area contributed by atoms with E-state index in [1.54, 1.807) is 6.20 Å². The number of hydrogen-bond donors (Lipinski definition) is 2. The average Bonchev–Trinajstić information content (AvgIpc) is 2.90. The van der Waals surface area contributed by atoms with E-state index < -0.39 is 6.10 Å². The van der Waals surface area contributed by atoms with Crippen molar-refractivity contribution in [2.24, 2.45) is 0 Å². The van der Waals surface area contributed by atoms with E-state index in [-0.39, 0.29) is 6.10 Å². The Hall–Kier alpha value is -0.950. The Labute approximate surface area is 121 Å². The lowest BCUT2D eigenvalue weighted by Gasteiger charge is -2.13. The maximum absolute atomic E-state index is 9.70. The van der Waals surface area contributed by atoms with E-state index in [1.807, 2.05) is 30.8 Å². The lowest BCUT2D eigenvalue weighted by molar-refractivity contribution is -0.00993. The summed E-state index contributed by atoms with van der Waals surface area (Å²) in [6, 6.07) is 1.91. The molecule has 116 valence electrons. The van der Waals surface area contributed by atoms with Gasteiger partial charge >= 0.3 is 0 Å². The molecule has 0 saturated heterocycles. The van der Waals surface area contributed by atoms with Crippen LogP contribution >= 0.6 is 0 Å². The highest BCUT2D eigenvalue weighted by atomic mass is 16.5. The summed E-state index contributed by atoms with van der Waals surface area (Å²) in [7, 11) is 0. The van der Waals surface area contributed by atoms with Crippen LogP contribution in [0.1, 0.15) is 20.3 Å². The van der Waals surface area contributed by atoms with Crippen molar-refractivity contribution in [3.05, 3.63) is 18.5 Å². The monoisotopic (exact) mass is 285 g/mol. The van der Waals surface area contributed by atoms with Gasteiger partial charge in [0.25, 0.3) is 0 Å². The fourth-order valence-corrected chi connectivity index (χ4v) is 1.69. The van der Waals surface area contributed by atoms with E-state index in [0.717, 1.165) is 19.5 Å². The number of aliphatic hydroxyl groups is 1. The molecule has 1 rings (SSSR count). The van der Waals surface area contributed by atoms with Gasteiger partial charge in [-0.3, -0.25) is 4.68 Å². The third-order valence-corrected chi connectivity index (χ3v) is 2.67. The van der Waals surface area contributed by atoms with Crippen molar-refractivity contribution in [3.63, 3.8) is 0 Å². The minimum absolute atomic E-state index is 0.222. The molecule has 0 amide bonds. The molecule has 0 fully saturated rings. The summed E-state index contributed by atoms with van der Waals surface area (Å²) in [5, 5.41) is 17.0. The molecule has 0 bridgehead atoms. The molecular weight excluding hydrogens is 258 g/mol. The van der Waals surface area contributed by atoms with E-state index in [9.17, 15) is 5.11 Å². The van der Waals surface area contributed by atoms with Crippen LogP contribution in [0.2, 0.25) is 0 Å². The first kappa shape index (κ1) is 17.1. The van der Waals surface area contributed by atoms with Gasteiger partial charge in [0.2, 0.25) is 0 Å². The van der Waals surface area contributed by atoms with Gasteiger partial charge < -0.3 is 19.9 Å². The highest BCUT2D eigenvalue weighted by Crippen LogP contribution is 1.90. The maximum atomic E-state index is 9.70. The average molecular weight is 285 g/mol. The second-order valence-corrected chi connectivity index (χ2v) is 4.98. The van der Waals surface area contributed by atoms with Crippen molar-refractivity contribution in [3.8, 4) is 0 Å². The van der Waals surface area contributed by atoms with Crippen molar-refractivity contribution in [2.75, 3.05) is 32.9 Å². The summed E-state index contributed by atoms with van der Waals surface area (Å²) in [5.74, 6) is 0. The van der Waals surface area contributed by atoms with Crippen molar-refractivity contribution < 1.29 is 14.6 Å². The summed E-state index contributed by atoms with van der Waals surface area (Å²) >= 11 is 0. The Morgan fingerprint density at radius 2 is 2.20 bits per heavy atom. The van der Waals surface area contributed by atoms with Crippen LogP contribution in [0.25, 0.3) is 0 Å². The second-order valence-electron chi connectivity index (χ2n) is 4.98. The lowest BCUT2D eigenvalue weighted by Crippen LogP contribution is -2.31. The summed E-state index contributed by atoms with van der Waals surface area (Å²) < 4.78 is 12.6. The highest BCUT2D eigenvalue weighted by Gasteiger charge is 2.03. The summed E-state index contributed by atoms with van der Waals surface area (Å²) in [5.41, 5.74) is 0. The molecule has 2 N–H and O–H groups in total. The quantitative estimate of drug-likeness (QED) is 0.552. The Kier molecular flexibility index (Phi) is 9.23. The van der Waals surface area contributed by atoms with Crippen LogP contribution in [0, 0.1) is 0 Å². The van der Waals surface area contributed by atoms with Crippen LogP contribution in [-0.4, -0.2) is 60.0 Å². The van der Waals surface area contributed by atoms with Crippen molar-refractivity contribution in [2.45, 2.75) is 39.0 Å². The summed E-state index contributed by atoms with van der Waals surface area (Å²) in [4.78, 5) is 0. The molecular formula is C14H27N3O3. The zero-order valence-electron chi connectivity index (χ0n) is 12.5. The van der Waals surface area contributed by atoms with Crippen LogP contribution in [0.3, 0.4) is 0 Å². The third-order valence-electron chi connectivity index (χ3n) is 2.67. The molecule has 6 nitrogen and oxygen atoms in total. The van der Waals surface area contributed by atoms with Crippen molar-refractivity contribution in [1.29, 1.82) is 0 Å². The van der Waals surface area contributed by atoms with E-state index in [0.29, 0.717) is 26.4 Å². The first-order chi connectivity index (χ1) is 9.68. The normalized spacial score (nSPS) is 13.0. The van der Waals surface area contributed by atoms with Crippen LogP contribution in [-0.2, 0) is 16.0 Å². The maximum Gasteiger partial charge on any atom is 0.0897 e. The summed E-state index contributed by atoms with van der Waals surface area (Å²) in [6.45, 7) is 7.70. The van der Waals surface area contributed by atoms with Crippen LogP contribution < -0.4 is 5.32 Å². The Morgan fingerprint density at radius 1 is 1.35 bits per heavy atom. The Bertz CT molecular complexity index is 317. The van der Waals surface area contributed by atoms with E-state index in [2.05, 4.69) is 10.4 Å². The molecule has 1 atom stereocenters. The fourth-order valence-electron chi connectivity index (χ4n) is 1.69. The predicted molar refractivity (Wildman–Crippen MR) is 77.6 cm³/mol. The standard InChI is InChI=1S/C14H27N3O3/c1-13(2)20-10-9-19-12-14(18)11-15-5-3-7-17-8-4-6-16-17/h4,6,8,13-15,18H,3,5,7,9-12H2,1-2H3. The van der Waals surface area contributed by atoms with Gasteiger partial charge in [-0.05, 0) is 32.9 Å². The van der Waals surface area contributed by atoms with Gasteiger partial charge in [0, 0.05) is 25.5 Å². The Morgan fingerprint density at radius 3 is 2.90 bits per heavy atom. The van der Waals surface area contributed by atoms with E-state index in [1.165, 1.54) is 0 Å². The van der Waals surface area contributed by atoms with Gasteiger partial charge in [0.1, 0.15) is 0 Å². The smallest absolute Gasteiger partial charge is 0.0897 e. The molecule has 1 aromatic rings. The number of aromatic nitrogens is 2. The zero-order chi connectivity index (χ0) is 14.6. The molecule has 0 aliphatic rings. The molecule has 0 spiro atoms. The molecule has 0 aliphatic heterocycles. The van der Waals surface area contributed by atoms with Gasteiger partial charge in [-0.25, -0.2) is 0 Å². The Balaban J connectivity index is 1.86. The van der Waals surface area contributed by atoms with Gasteiger partial charge in [0.05, 0.1) is 32.0 Å². The number of rotatable bonds is 12. The second kappa shape index (κ2) is 10.8. The predicted octanol–water partition coefficient (Wildman–Crippen LogP) is 0.665. The van der Waals surface area contributed by atoms with Crippen LogP contribution in [0.5, 0.6) is 0 Å². The fraction of sp³-hybridized carbons (Fsp3) is 0.786. The highest BCUT2D eigenvalue weighted by molar-refractivity contribution is 4.77. The van der Waals surface area contributed by atoms with Crippen molar-refractivity contribution in [1.82, 2.24) is 15.1 Å². The topological polar surface area (TPSA) is 68.5 Å². The minimum atomic E-state index is -0.473. The molecule has 6 heteroatoms. The largest absolute Gasteiger partial charge is 0.389 e. The van der Waals surface area contributed by atoms with E-state index in [4.69, 9.17) is 9.47 Å². The molecule has 1 unspecified atom stereocenters. The SMILES string of the molecule is CC(C)OCCOCC(O)CNCCCn1cccn1. The first-order valence-corrected chi connectivity index (χ1v) is 7.24. The van der Waals surface area contributed by atoms with Gasteiger partial charge in [0.15, 0.2) is 0 Å². The molecule has 0 saturated carbocycles. The number of nitrogens with one attached hydrogen (secondary N) is 1. The van der Waals surface area contributed by atoms with Gasteiger partial charge in [-0.2, -0.15) is 5.10 Å². The molecule has 20 heavy (non-hydrogen) atoms. The van der Waals surface area contributed by atoms with E-state index >= 15 is 0 Å². The zero-order valence-corrected chi connectivity index (χ0v) is 12.5. The van der Waals surface area contributed by atoms with Gasteiger partial charge in [-0.1, -0.05) is 0 Å². The summed E-state index contributed by atoms with van der Waals surface area (Å²) in [6.07, 6.45) is 4.45. The number of aryl methyl sites for hydroxylation is 1. The first-order valence-electron chi connectivity index (χ1n) is 7.24. The van der Waals surface area contributed by atoms with Crippen LogP contribution in [0.4, 0.5) is 0 Å². The molecule has 0 aromatic carbocycles. The molecule has 0 radical (unpaired) electrons. The number of ether oxygens (including phenoxy) is 2. The van der Waals surface area contributed by atoms with Gasteiger partial charge in [-0.15, -0.1) is 0 Å². The third kappa shape index (κ3) is 9.03. The van der Waals surface area contributed by atoms with Crippen molar-refractivity contribution >= 4 is 0 Å². The number of nitrogens with zero attached hydrogens (tertiary/aromatic N) is 2. The number of aliphatic hydroxyl groups excluding tert-OH is 1. The molecule has 1 heterocycles. The minimum Gasteiger partial charge on any atom is -0.389 e. The number of hydrogen-bond acceptors (Lipinski definition) is 5. The molecule has 1 aromatic heterocycles.